The number of anilines is 1. The topological polar surface area (TPSA) is 3.24 Å². The van der Waals surface area contributed by atoms with Crippen LogP contribution >= 0.6 is 23.2 Å². The van der Waals surface area contributed by atoms with E-state index in [0.717, 1.165) is 35.3 Å². The summed E-state index contributed by atoms with van der Waals surface area (Å²) in [5.41, 5.74) is 2.27. The first-order valence-electron chi connectivity index (χ1n) is 5.30. The Hall–Kier alpha value is -0.400. The van der Waals surface area contributed by atoms with Crippen LogP contribution in [0.15, 0.2) is 18.2 Å². The van der Waals surface area contributed by atoms with E-state index in [4.69, 9.17) is 23.2 Å². The van der Waals surface area contributed by atoms with Gasteiger partial charge in [-0.2, -0.15) is 0 Å². The van der Waals surface area contributed by atoms with Gasteiger partial charge in [-0.05, 0) is 24.0 Å². The fourth-order valence-electron chi connectivity index (χ4n) is 2.16. The van der Waals surface area contributed by atoms with E-state index in [1.807, 2.05) is 12.1 Å². The van der Waals surface area contributed by atoms with Gasteiger partial charge in [-0.25, -0.2) is 0 Å². The smallest absolute Gasteiger partial charge is 0.0642 e. The van der Waals surface area contributed by atoms with Crippen molar-refractivity contribution in [1.82, 2.24) is 0 Å². The maximum Gasteiger partial charge on any atom is 0.0642 e. The summed E-state index contributed by atoms with van der Waals surface area (Å²) in [7, 11) is 0. The molecule has 1 heterocycles. The Morgan fingerprint density at radius 2 is 2.27 bits per heavy atom. The summed E-state index contributed by atoms with van der Waals surface area (Å²) >= 11 is 12.2. The normalized spacial score (nSPS) is 21.0. The molecule has 0 bridgehead atoms. The third kappa shape index (κ3) is 2.24. The first-order valence-corrected chi connectivity index (χ1v) is 6.22. The minimum atomic E-state index is 0.529. The second kappa shape index (κ2) is 4.63. The molecule has 0 aromatic heterocycles. The van der Waals surface area contributed by atoms with E-state index in [2.05, 4.69) is 17.9 Å². The number of alkyl halides is 1. The number of para-hydroxylation sites is 1. The SMILES string of the molecule is CC1CCN(c2c(Cl)cccc2CCl)C1. The van der Waals surface area contributed by atoms with Crippen molar-refractivity contribution >= 4 is 28.9 Å². The maximum absolute atomic E-state index is 6.24. The molecule has 1 aromatic carbocycles. The molecule has 0 radical (unpaired) electrons. The third-order valence-electron chi connectivity index (χ3n) is 2.95. The highest BCUT2D eigenvalue weighted by atomic mass is 35.5. The number of rotatable bonds is 2. The van der Waals surface area contributed by atoms with E-state index in [0.29, 0.717) is 5.88 Å². The summed E-state index contributed by atoms with van der Waals surface area (Å²) in [6, 6.07) is 5.95. The van der Waals surface area contributed by atoms with Gasteiger partial charge in [-0.1, -0.05) is 30.7 Å². The molecule has 0 amide bonds. The van der Waals surface area contributed by atoms with Gasteiger partial charge in [0.15, 0.2) is 0 Å². The minimum absolute atomic E-state index is 0.529. The van der Waals surface area contributed by atoms with Gasteiger partial charge in [0.25, 0.3) is 0 Å². The Labute approximate surface area is 101 Å². The molecule has 0 spiro atoms. The van der Waals surface area contributed by atoms with Crippen molar-refractivity contribution in [2.75, 3.05) is 18.0 Å². The zero-order chi connectivity index (χ0) is 10.8. The van der Waals surface area contributed by atoms with E-state index in [-0.39, 0.29) is 0 Å². The van der Waals surface area contributed by atoms with Crippen LogP contribution in [-0.2, 0) is 5.88 Å². The molecule has 2 rings (SSSR count). The monoisotopic (exact) mass is 243 g/mol. The summed E-state index contributed by atoms with van der Waals surface area (Å²) in [6.45, 7) is 4.46. The molecule has 1 nitrogen and oxygen atoms in total. The number of hydrogen-bond donors (Lipinski definition) is 0. The lowest BCUT2D eigenvalue weighted by molar-refractivity contribution is 0.659. The van der Waals surface area contributed by atoms with E-state index in [1.165, 1.54) is 6.42 Å². The van der Waals surface area contributed by atoms with Gasteiger partial charge in [0.2, 0.25) is 0 Å². The fourth-order valence-corrected chi connectivity index (χ4v) is 2.69. The molecule has 1 aliphatic rings. The van der Waals surface area contributed by atoms with E-state index >= 15 is 0 Å². The van der Waals surface area contributed by atoms with Crippen LogP contribution in [-0.4, -0.2) is 13.1 Å². The van der Waals surface area contributed by atoms with Crippen molar-refractivity contribution in [3.8, 4) is 0 Å². The molecule has 1 unspecified atom stereocenters. The van der Waals surface area contributed by atoms with Crippen LogP contribution in [0.4, 0.5) is 5.69 Å². The number of benzene rings is 1. The molecule has 1 saturated heterocycles. The minimum Gasteiger partial charge on any atom is -0.370 e. The molecular weight excluding hydrogens is 229 g/mol. The summed E-state index contributed by atoms with van der Waals surface area (Å²) in [6.07, 6.45) is 1.24. The van der Waals surface area contributed by atoms with Gasteiger partial charge in [0.05, 0.1) is 10.7 Å². The summed E-state index contributed by atoms with van der Waals surface area (Å²) < 4.78 is 0. The largest absolute Gasteiger partial charge is 0.370 e. The maximum atomic E-state index is 6.24. The quantitative estimate of drug-likeness (QED) is 0.712. The van der Waals surface area contributed by atoms with Crippen LogP contribution in [0, 0.1) is 5.92 Å². The van der Waals surface area contributed by atoms with Crippen LogP contribution in [0.25, 0.3) is 0 Å². The Balaban J connectivity index is 2.33. The van der Waals surface area contributed by atoms with Gasteiger partial charge < -0.3 is 4.90 Å². The number of hydrogen-bond acceptors (Lipinski definition) is 1. The Morgan fingerprint density at radius 1 is 1.47 bits per heavy atom. The first-order chi connectivity index (χ1) is 7.22. The second-order valence-electron chi connectivity index (χ2n) is 4.22. The van der Waals surface area contributed by atoms with Crippen LogP contribution in [0.3, 0.4) is 0 Å². The van der Waals surface area contributed by atoms with Gasteiger partial charge in [0, 0.05) is 19.0 Å². The van der Waals surface area contributed by atoms with Crippen LogP contribution in [0.5, 0.6) is 0 Å². The molecule has 0 N–H and O–H groups in total. The lowest BCUT2D eigenvalue weighted by Gasteiger charge is -2.22. The van der Waals surface area contributed by atoms with Crippen molar-refractivity contribution in [3.05, 3.63) is 28.8 Å². The lowest BCUT2D eigenvalue weighted by atomic mass is 10.1. The molecular formula is C12H15Cl2N. The van der Waals surface area contributed by atoms with Gasteiger partial charge >= 0.3 is 0 Å². The van der Waals surface area contributed by atoms with E-state index < -0.39 is 0 Å². The second-order valence-corrected chi connectivity index (χ2v) is 4.90. The molecule has 3 heteroatoms. The van der Waals surface area contributed by atoms with Crippen LogP contribution in [0.1, 0.15) is 18.9 Å². The van der Waals surface area contributed by atoms with Crippen molar-refractivity contribution in [1.29, 1.82) is 0 Å². The predicted octanol–water partition coefficient (Wildman–Crippen LogP) is 3.93. The highest BCUT2D eigenvalue weighted by molar-refractivity contribution is 6.33. The molecule has 82 valence electrons. The average molecular weight is 244 g/mol. The van der Waals surface area contributed by atoms with Crippen molar-refractivity contribution in [3.63, 3.8) is 0 Å². The molecule has 0 saturated carbocycles. The standard InChI is InChI=1S/C12H15Cl2N/c1-9-5-6-15(8-9)12-10(7-13)3-2-4-11(12)14/h2-4,9H,5-8H2,1H3. The fraction of sp³-hybridized carbons (Fsp3) is 0.500. The van der Waals surface area contributed by atoms with E-state index in [9.17, 15) is 0 Å². The average Bonchev–Trinajstić information content (AvgIpc) is 2.64. The highest BCUT2D eigenvalue weighted by Gasteiger charge is 2.22. The van der Waals surface area contributed by atoms with Gasteiger partial charge in [0.1, 0.15) is 0 Å². The summed E-state index contributed by atoms with van der Waals surface area (Å²) in [5.74, 6) is 1.28. The van der Waals surface area contributed by atoms with Crippen molar-refractivity contribution in [2.24, 2.45) is 5.92 Å². The molecule has 15 heavy (non-hydrogen) atoms. The van der Waals surface area contributed by atoms with Crippen molar-refractivity contribution in [2.45, 2.75) is 19.2 Å². The molecule has 1 aromatic rings. The zero-order valence-corrected chi connectivity index (χ0v) is 10.4. The van der Waals surface area contributed by atoms with Crippen molar-refractivity contribution < 1.29 is 0 Å². The highest BCUT2D eigenvalue weighted by Crippen LogP contribution is 2.34. The predicted molar refractivity (Wildman–Crippen MR) is 67.0 cm³/mol. The number of halogens is 2. The molecule has 1 fully saturated rings. The molecule has 1 aliphatic heterocycles. The molecule has 1 atom stereocenters. The van der Waals surface area contributed by atoms with Crippen LogP contribution in [0.2, 0.25) is 5.02 Å². The Bertz CT molecular complexity index is 351. The summed E-state index contributed by atoms with van der Waals surface area (Å²) in [5, 5.41) is 0.822. The van der Waals surface area contributed by atoms with Gasteiger partial charge in [-0.3, -0.25) is 0 Å². The molecule has 0 aliphatic carbocycles. The Kier molecular flexibility index (Phi) is 3.42. The summed E-state index contributed by atoms with van der Waals surface area (Å²) in [4.78, 5) is 2.35. The lowest BCUT2D eigenvalue weighted by Crippen LogP contribution is -2.20. The van der Waals surface area contributed by atoms with Gasteiger partial charge in [-0.15, -0.1) is 11.6 Å². The third-order valence-corrected chi connectivity index (χ3v) is 3.55. The number of nitrogens with zero attached hydrogens (tertiary/aromatic N) is 1. The zero-order valence-electron chi connectivity index (χ0n) is 8.84. The van der Waals surface area contributed by atoms with E-state index in [1.54, 1.807) is 0 Å². The van der Waals surface area contributed by atoms with Crippen LogP contribution < -0.4 is 4.90 Å². The first kappa shape index (κ1) is 11.1. The Morgan fingerprint density at radius 3 is 2.87 bits per heavy atom.